The van der Waals surface area contributed by atoms with Crippen LogP contribution in [0.15, 0.2) is 30.3 Å². The van der Waals surface area contributed by atoms with Gasteiger partial charge in [0.15, 0.2) is 0 Å². The molecule has 21 heavy (non-hydrogen) atoms. The van der Waals surface area contributed by atoms with Gasteiger partial charge >= 0.3 is 0 Å². The molecule has 1 saturated carbocycles. The highest BCUT2D eigenvalue weighted by atomic mass is 16.5. The lowest BCUT2D eigenvalue weighted by atomic mass is 10.0. The molecular weight excluding hydrogens is 264 g/mol. The zero-order chi connectivity index (χ0) is 14.7. The molecule has 0 radical (unpaired) electrons. The number of nitrogens with two attached hydrogens (primary N) is 1. The second-order valence-corrected chi connectivity index (χ2v) is 6.21. The van der Waals surface area contributed by atoms with Crippen LogP contribution in [0.5, 0.6) is 0 Å². The zero-order valence-electron chi connectivity index (χ0n) is 12.3. The summed E-state index contributed by atoms with van der Waals surface area (Å²) in [7, 11) is 0. The fourth-order valence-corrected chi connectivity index (χ4v) is 3.04. The van der Waals surface area contributed by atoms with Crippen LogP contribution < -0.4 is 11.1 Å². The maximum atomic E-state index is 12.2. The molecule has 0 spiro atoms. The van der Waals surface area contributed by atoms with E-state index in [0.29, 0.717) is 12.3 Å². The van der Waals surface area contributed by atoms with E-state index in [0.717, 1.165) is 19.4 Å². The number of benzene rings is 1. The first-order valence-corrected chi connectivity index (χ1v) is 7.95. The van der Waals surface area contributed by atoms with Crippen molar-refractivity contribution in [1.29, 1.82) is 0 Å². The number of hydrogen-bond acceptors (Lipinski definition) is 3. The van der Waals surface area contributed by atoms with E-state index in [4.69, 9.17) is 10.5 Å². The van der Waals surface area contributed by atoms with E-state index in [2.05, 4.69) is 17.4 Å². The Balaban J connectivity index is 1.46. The van der Waals surface area contributed by atoms with Crippen LogP contribution in [0.3, 0.4) is 0 Å². The third-order valence-electron chi connectivity index (χ3n) is 4.47. The van der Waals surface area contributed by atoms with Gasteiger partial charge in [-0.15, -0.1) is 0 Å². The molecule has 2 aliphatic rings. The van der Waals surface area contributed by atoms with E-state index in [1.165, 1.54) is 18.4 Å². The van der Waals surface area contributed by atoms with Crippen molar-refractivity contribution in [2.24, 2.45) is 11.7 Å². The average molecular weight is 288 g/mol. The van der Waals surface area contributed by atoms with Gasteiger partial charge in [-0.3, -0.25) is 4.79 Å². The summed E-state index contributed by atoms with van der Waals surface area (Å²) in [5.41, 5.74) is 7.25. The van der Waals surface area contributed by atoms with Crippen molar-refractivity contribution < 1.29 is 9.53 Å². The van der Waals surface area contributed by atoms with Crippen LogP contribution in [-0.4, -0.2) is 30.7 Å². The molecule has 1 aromatic rings. The Morgan fingerprint density at radius 1 is 1.29 bits per heavy atom. The first kappa shape index (κ1) is 14.5. The molecular formula is C17H24N2O2. The van der Waals surface area contributed by atoms with Gasteiger partial charge in [-0.05, 0) is 43.6 Å². The third-order valence-corrected chi connectivity index (χ3v) is 4.47. The Labute approximate surface area is 126 Å². The van der Waals surface area contributed by atoms with Crippen LogP contribution in [0, 0.1) is 5.92 Å². The zero-order valence-corrected chi connectivity index (χ0v) is 12.3. The summed E-state index contributed by atoms with van der Waals surface area (Å²) in [5, 5.41) is 3.10. The predicted molar refractivity (Wildman–Crippen MR) is 81.8 cm³/mol. The lowest BCUT2D eigenvalue weighted by molar-refractivity contribution is -0.123. The molecule has 1 aliphatic carbocycles. The van der Waals surface area contributed by atoms with Gasteiger partial charge in [-0.25, -0.2) is 0 Å². The minimum absolute atomic E-state index is 0.0351. The van der Waals surface area contributed by atoms with Crippen molar-refractivity contribution in [3.8, 4) is 0 Å². The average Bonchev–Trinajstić information content (AvgIpc) is 3.26. The Hall–Kier alpha value is -1.39. The molecule has 1 aliphatic heterocycles. The number of nitrogens with one attached hydrogen (secondary N) is 1. The van der Waals surface area contributed by atoms with Gasteiger partial charge in [0.25, 0.3) is 0 Å². The fourth-order valence-electron chi connectivity index (χ4n) is 3.04. The molecule has 3 rings (SSSR count). The van der Waals surface area contributed by atoms with Crippen LogP contribution in [0.4, 0.5) is 0 Å². The highest BCUT2D eigenvalue weighted by Crippen LogP contribution is 2.38. The Kier molecular flexibility index (Phi) is 4.56. The number of amides is 1. The predicted octanol–water partition coefficient (Wildman–Crippen LogP) is 1.63. The van der Waals surface area contributed by atoms with Gasteiger partial charge in [0.1, 0.15) is 0 Å². The van der Waals surface area contributed by atoms with E-state index in [9.17, 15) is 4.79 Å². The second kappa shape index (κ2) is 6.58. The highest BCUT2D eigenvalue weighted by molar-refractivity contribution is 5.81. The molecule has 2 unspecified atom stereocenters. The van der Waals surface area contributed by atoms with E-state index in [1.807, 2.05) is 18.2 Å². The minimum atomic E-state index is -0.439. The largest absolute Gasteiger partial charge is 0.376 e. The number of aryl methyl sites for hydroxylation is 1. The quantitative estimate of drug-likeness (QED) is 0.836. The Morgan fingerprint density at radius 2 is 2.05 bits per heavy atom. The molecule has 4 heteroatoms. The molecule has 2 fully saturated rings. The van der Waals surface area contributed by atoms with Crippen molar-refractivity contribution in [2.75, 3.05) is 6.61 Å². The normalized spacial score (nSPS) is 26.5. The van der Waals surface area contributed by atoms with Crippen molar-refractivity contribution in [2.45, 2.75) is 50.3 Å². The molecule has 3 atom stereocenters. The fraction of sp³-hybridized carbons (Fsp3) is 0.588. The SMILES string of the molecule is N[C@@H](CCc1ccccc1)C(=O)NC1CCOC1C1CC1. The number of carbonyl (C=O) groups is 1. The Morgan fingerprint density at radius 3 is 2.76 bits per heavy atom. The summed E-state index contributed by atoms with van der Waals surface area (Å²) < 4.78 is 5.74. The lowest BCUT2D eigenvalue weighted by Crippen LogP contribution is -2.48. The minimum Gasteiger partial charge on any atom is -0.376 e. The standard InChI is InChI=1S/C17H24N2O2/c18-14(9-6-12-4-2-1-3-5-12)17(20)19-15-10-11-21-16(15)13-7-8-13/h1-5,13-16H,6-11,18H2,(H,19,20)/t14-,15?,16?/m0/s1. The molecule has 1 aromatic carbocycles. The van der Waals surface area contributed by atoms with Gasteiger partial charge in [0.05, 0.1) is 18.2 Å². The van der Waals surface area contributed by atoms with Crippen LogP contribution in [-0.2, 0) is 16.0 Å². The van der Waals surface area contributed by atoms with Crippen LogP contribution in [0.2, 0.25) is 0 Å². The summed E-state index contributed by atoms with van der Waals surface area (Å²) in [6.07, 6.45) is 5.11. The molecule has 0 bridgehead atoms. The molecule has 1 saturated heterocycles. The maximum Gasteiger partial charge on any atom is 0.237 e. The van der Waals surface area contributed by atoms with Gasteiger partial charge in [0, 0.05) is 6.61 Å². The molecule has 1 amide bonds. The van der Waals surface area contributed by atoms with Crippen molar-refractivity contribution in [1.82, 2.24) is 5.32 Å². The van der Waals surface area contributed by atoms with Crippen molar-refractivity contribution >= 4 is 5.91 Å². The first-order valence-electron chi connectivity index (χ1n) is 7.95. The van der Waals surface area contributed by atoms with E-state index < -0.39 is 6.04 Å². The van der Waals surface area contributed by atoms with Gasteiger partial charge in [-0.1, -0.05) is 30.3 Å². The van der Waals surface area contributed by atoms with E-state index in [-0.39, 0.29) is 18.1 Å². The van der Waals surface area contributed by atoms with Crippen molar-refractivity contribution in [3.05, 3.63) is 35.9 Å². The van der Waals surface area contributed by atoms with E-state index in [1.54, 1.807) is 0 Å². The highest BCUT2D eigenvalue weighted by Gasteiger charge is 2.41. The van der Waals surface area contributed by atoms with E-state index >= 15 is 0 Å². The van der Waals surface area contributed by atoms with Crippen LogP contribution >= 0.6 is 0 Å². The van der Waals surface area contributed by atoms with Gasteiger partial charge in [0.2, 0.25) is 5.91 Å². The molecule has 4 nitrogen and oxygen atoms in total. The van der Waals surface area contributed by atoms with Crippen molar-refractivity contribution in [3.63, 3.8) is 0 Å². The third kappa shape index (κ3) is 3.83. The summed E-state index contributed by atoms with van der Waals surface area (Å²) in [5.74, 6) is 0.616. The second-order valence-electron chi connectivity index (χ2n) is 6.21. The van der Waals surface area contributed by atoms with Gasteiger partial charge < -0.3 is 15.8 Å². The van der Waals surface area contributed by atoms with Crippen LogP contribution in [0.25, 0.3) is 0 Å². The molecule has 3 N–H and O–H groups in total. The summed E-state index contributed by atoms with van der Waals surface area (Å²) in [4.78, 5) is 12.2. The lowest BCUT2D eigenvalue weighted by Gasteiger charge is -2.21. The topological polar surface area (TPSA) is 64.4 Å². The summed E-state index contributed by atoms with van der Waals surface area (Å²) in [6, 6.07) is 9.87. The monoisotopic (exact) mass is 288 g/mol. The van der Waals surface area contributed by atoms with Crippen LogP contribution in [0.1, 0.15) is 31.2 Å². The molecule has 114 valence electrons. The van der Waals surface area contributed by atoms with Gasteiger partial charge in [-0.2, -0.15) is 0 Å². The molecule has 1 heterocycles. The summed E-state index contributed by atoms with van der Waals surface area (Å²) >= 11 is 0. The molecule has 0 aromatic heterocycles. The number of hydrogen-bond donors (Lipinski definition) is 2. The first-order chi connectivity index (χ1) is 10.2. The summed E-state index contributed by atoms with van der Waals surface area (Å²) in [6.45, 7) is 0.755. The maximum absolute atomic E-state index is 12.2. The number of ether oxygens (including phenoxy) is 1. The smallest absolute Gasteiger partial charge is 0.237 e. The number of rotatable bonds is 6. The Bertz CT molecular complexity index is 473. The number of carbonyl (C=O) groups excluding carboxylic acids is 1.